The molecule has 0 bridgehead atoms. The number of rotatable bonds is 6. The third-order valence-corrected chi connectivity index (χ3v) is 4.13. The molecule has 0 aliphatic carbocycles. The summed E-state index contributed by atoms with van der Waals surface area (Å²) in [5.74, 6) is 0.943. The van der Waals surface area contributed by atoms with Crippen molar-refractivity contribution in [3.8, 4) is 5.88 Å². The van der Waals surface area contributed by atoms with Gasteiger partial charge in [0.15, 0.2) is 5.82 Å². The first-order valence-electron chi connectivity index (χ1n) is 7.89. The summed E-state index contributed by atoms with van der Waals surface area (Å²) in [5, 5.41) is 7.46. The molecule has 136 valence electrons. The van der Waals surface area contributed by atoms with Gasteiger partial charge in [-0.2, -0.15) is 4.98 Å². The Morgan fingerprint density at radius 2 is 2.28 bits per heavy atom. The van der Waals surface area contributed by atoms with Gasteiger partial charge in [-0.1, -0.05) is 5.16 Å². The van der Waals surface area contributed by atoms with E-state index in [2.05, 4.69) is 15.3 Å². The molecule has 9 nitrogen and oxygen atoms in total. The van der Waals surface area contributed by atoms with E-state index in [9.17, 15) is 9.18 Å². The average Bonchev–Trinajstić information content (AvgIpc) is 3.28. The Balaban J connectivity index is 1.63. The molecule has 3 rings (SSSR count). The number of likely N-dealkylation sites (tertiary alicyclic amines) is 1. The normalized spacial score (nSPS) is 20.8. The number of hydrogen-bond donors (Lipinski definition) is 0. The first-order chi connectivity index (χ1) is 12.0. The van der Waals surface area contributed by atoms with Gasteiger partial charge < -0.3 is 18.7 Å². The highest BCUT2D eigenvalue weighted by atomic mass is 19.1. The second kappa shape index (κ2) is 7.18. The zero-order chi connectivity index (χ0) is 18.0. The van der Waals surface area contributed by atoms with Crippen LogP contribution < -0.4 is 4.74 Å². The summed E-state index contributed by atoms with van der Waals surface area (Å²) in [6.07, 6.45) is -0.611. The van der Waals surface area contributed by atoms with Crippen LogP contribution in [0.25, 0.3) is 0 Å². The Labute approximate surface area is 143 Å². The van der Waals surface area contributed by atoms with Gasteiger partial charge in [0.05, 0.1) is 19.7 Å². The molecule has 2 atom stereocenters. The van der Waals surface area contributed by atoms with Crippen LogP contribution in [-0.4, -0.2) is 70.5 Å². The van der Waals surface area contributed by atoms with E-state index < -0.39 is 6.17 Å². The quantitative estimate of drug-likeness (QED) is 0.760. The van der Waals surface area contributed by atoms with Crippen molar-refractivity contribution in [2.45, 2.75) is 32.1 Å². The molecule has 0 N–H and O–H groups in total. The molecule has 1 aliphatic heterocycles. The maximum absolute atomic E-state index is 13.9. The fraction of sp³-hybridized carbons (Fsp3) is 0.600. The van der Waals surface area contributed by atoms with Crippen molar-refractivity contribution in [1.29, 1.82) is 0 Å². The van der Waals surface area contributed by atoms with Gasteiger partial charge in [-0.25, -0.2) is 4.39 Å². The number of halogens is 1. The highest BCUT2D eigenvalue weighted by molar-refractivity contribution is 5.91. The summed E-state index contributed by atoms with van der Waals surface area (Å²) >= 11 is 0. The molecule has 0 unspecified atom stereocenters. The van der Waals surface area contributed by atoms with Crippen LogP contribution in [0.2, 0.25) is 0 Å². The summed E-state index contributed by atoms with van der Waals surface area (Å²) in [5.41, 5.74) is 0. The van der Waals surface area contributed by atoms with E-state index in [0.29, 0.717) is 31.2 Å². The lowest BCUT2D eigenvalue weighted by Crippen LogP contribution is -2.41. The lowest BCUT2D eigenvalue weighted by Gasteiger charge is -2.26. The van der Waals surface area contributed by atoms with Gasteiger partial charge >= 0.3 is 0 Å². The molecule has 10 heteroatoms. The predicted molar refractivity (Wildman–Crippen MR) is 82.8 cm³/mol. The minimum atomic E-state index is -0.952. The molecule has 0 radical (unpaired) electrons. The van der Waals surface area contributed by atoms with E-state index in [1.807, 2.05) is 4.90 Å². The van der Waals surface area contributed by atoms with E-state index in [4.69, 9.17) is 13.8 Å². The van der Waals surface area contributed by atoms with E-state index in [0.717, 1.165) is 0 Å². The van der Waals surface area contributed by atoms with Crippen LogP contribution in [-0.2, 0) is 6.54 Å². The van der Waals surface area contributed by atoms with Crippen LogP contribution in [0.4, 0.5) is 4.39 Å². The van der Waals surface area contributed by atoms with E-state index in [-0.39, 0.29) is 30.1 Å². The van der Waals surface area contributed by atoms with Crippen molar-refractivity contribution < 1.29 is 23.0 Å². The number of hydrogen-bond acceptors (Lipinski definition) is 8. The van der Waals surface area contributed by atoms with Crippen molar-refractivity contribution in [3.05, 3.63) is 23.5 Å². The number of alkyl halides is 1. The number of carbonyl (C=O) groups is 1. The lowest BCUT2D eigenvalue weighted by molar-refractivity contribution is 0.0707. The monoisotopic (exact) mass is 353 g/mol. The van der Waals surface area contributed by atoms with Gasteiger partial charge in [0, 0.05) is 33.1 Å². The van der Waals surface area contributed by atoms with Crippen molar-refractivity contribution in [3.63, 3.8) is 0 Å². The number of carbonyl (C=O) groups excluding carboxylic acids is 1. The number of amides is 1. The first kappa shape index (κ1) is 17.3. The summed E-state index contributed by atoms with van der Waals surface area (Å²) in [7, 11) is 3.08. The molecule has 0 saturated carbocycles. The fourth-order valence-corrected chi connectivity index (χ4v) is 2.94. The molecule has 1 aliphatic rings. The molecule has 0 spiro atoms. The molecule has 1 fully saturated rings. The molecular formula is C15H20FN5O4. The molecule has 2 aromatic rings. The fourth-order valence-electron chi connectivity index (χ4n) is 2.94. The second-order valence-corrected chi connectivity index (χ2v) is 6.07. The number of aryl methyl sites for hydroxylation is 1. The molecular weight excluding hydrogens is 333 g/mol. The van der Waals surface area contributed by atoms with Crippen LogP contribution >= 0.6 is 0 Å². The molecule has 2 aromatic heterocycles. The number of nitrogens with zero attached hydrogens (tertiary/aromatic N) is 5. The zero-order valence-electron chi connectivity index (χ0n) is 14.3. The summed E-state index contributed by atoms with van der Waals surface area (Å²) in [6.45, 7) is 2.70. The minimum absolute atomic E-state index is 0.0782. The van der Waals surface area contributed by atoms with Crippen LogP contribution in [0.3, 0.4) is 0 Å². The standard InChI is InChI=1S/C15H20FN5O4/c1-9-17-13(18-24-9)8-21-6-10(16)4-11(21)7-20(2)15(22)12-5-14(23-3)19-25-12/h5,10-11H,4,6-8H2,1-3H3/t10-,11-/m0/s1. The Morgan fingerprint density at radius 3 is 2.92 bits per heavy atom. The topological polar surface area (TPSA) is 97.7 Å². The van der Waals surface area contributed by atoms with Crippen LogP contribution in [0, 0.1) is 6.92 Å². The smallest absolute Gasteiger partial charge is 0.292 e. The lowest BCUT2D eigenvalue weighted by atomic mass is 10.2. The number of methoxy groups -OCH3 is 1. The largest absolute Gasteiger partial charge is 0.479 e. The molecule has 1 saturated heterocycles. The van der Waals surface area contributed by atoms with Gasteiger partial charge in [0.25, 0.3) is 11.8 Å². The summed E-state index contributed by atoms with van der Waals surface area (Å²) in [4.78, 5) is 19.9. The van der Waals surface area contributed by atoms with Crippen molar-refractivity contribution in [2.24, 2.45) is 0 Å². The van der Waals surface area contributed by atoms with E-state index in [1.54, 1.807) is 14.0 Å². The van der Waals surface area contributed by atoms with Crippen LogP contribution in [0.1, 0.15) is 28.7 Å². The minimum Gasteiger partial charge on any atom is -0.479 e. The summed E-state index contributed by atoms with van der Waals surface area (Å²) < 4.78 is 28.7. The third-order valence-electron chi connectivity index (χ3n) is 4.13. The maximum Gasteiger partial charge on any atom is 0.292 e. The Bertz CT molecular complexity index is 733. The Hall–Kier alpha value is -2.49. The molecule has 3 heterocycles. The Morgan fingerprint density at radius 1 is 1.48 bits per heavy atom. The maximum atomic E-state index is 13.9. The van der Waals surface area contributed by atoms with E-state index >= 15 is 0 Å². The SMILES string of the molecule is COc1cc(C(=O)N(C)C[C@@H]2C[C@H](F)CN2Cc2noc(C)n2)on1. The predicted octanol–water partition coefficient (Wildman–Crippen LogP) is 1.06. The van der Waals surface area contributed by atoms with Crippen LogP contribution in [0.15, 0.2) is 15.1 Å². The highest BCUT2D eigenvalue weighted by Crippen LogP contribution is 2.23. The molecule has 25 heavy (non-hydrogen) atoms. The van der Waals surface area contributed by atoms with Crippen molar-refractivity contribution in [1.82, 2.24) is 25.1 Å². The van der Waals surface area contributed by atoms with Gasteiger partial charge in [0.2, 0.25) is 11.7 Å². The first-order valence-corrected chi connectivity index (χ1v) is 7.89. The number of ether oxygens (including phenoxy) is 1. The van der Waals surface area contributed by atoms with Gasteiger partial charge in [-0.3, -0.25) is 9.69 Å². The van der Waals surface area contributed by atoms with Crippen LogP contribution in [0.5, 0.6) is 5.88 Å². The zero-order valence-corrected chi connectivity index (χ0v) is 14.3. The van der Waals surface area contributed by atoms with Crippen molar-refractivity contribution >= 4 is 5.91 Å². The number of aromatic nitrogens is 3. The molecule has 1 amide bonds. The highest BCUT2D eigenvalue weighted by Gasteiger charge is 2.34. The molecule has 0 aromatic carbocycles. The summed E-state index contributed by atoms with van der Waals surface area (Å²) in [6, 6.07) is 1.28. The van der Waals surface area contributed by atoms with E-state index in [1.165, 1.54) is 18.1 Å². The number of likely N-dealkylation sites (N-methyl/N-ethyl adjacent to an activating group) is 1. The average molecular weight is 353 g/mol. The van der Waals surface area contributed by atoms with Crippen molar-refractivity contribution in [2.75, 3.05) is 27.2 Å². The second-order valence-electron chi connectivity index (χ2n) is 6.07. The van der Waals surface area contributed by atoms with Gasteiger partial charge in [-0.15, -0.1) is 0 Å². The third kappa shape index (κ3) is 3.95. The van der Waals surface area contributed by atoms with Gasteiger partial charge in [-0.05, 0) is 11.6 Å². The Kier molecular flexibility index (Phi) is 4.98. The van der Waals surface area contributed by atoms with Gasteiger partial charge in [0.1, 0.15) is 6.17 Å².